The Morgan fingerprint density at radius 2 is 2.05 bits per heavy atom. The Bertz CT molecular complexity index is 647. The molecule has 1 amide bonds. The first-order valence-electron chi connectivity index (χ1n) is 6.61. The number of carbonyl (C=O) groups excluding carboxylic acids is 1. The molecule has 21 heavy (non-hydrogen) atoms. The monoisotopic (exact) mass is 309 g/mol. The van der Waals surface area contributed by atoms with Gasteiger partial charge in [0.2, 0.25) is 0 Å². The van der Waals surface area contributed by atoms with E-state index in [0.29, 0.717) is 46.2 Å². The third kappa shape index (κ3) is 2.41. The van der Waals surface area contributed by atoms with Crippen LogP contribution >= 0.6 is 11.6 Å². The van der Waals surface area contributed by atoms with Gasteiger partial charge in [-0.1, -0.05) is 11.6 Å². The molecule has 1 aromatic rings. The topological polar surface area (TPSA) is 110 Å². The molecule has 0 saturated heterocycles. The van der Waals surface area contributed by atoms with Crippen LogP contribution in [-0.2, 0) is 6.42 Å². The first-order valence-corrected chi connectivity index (χ1v) is 6.98. The van der Waals surface area contributed by atoms with Crippen molar-refractivity contribution in [2.45, 2.75) is 20.3 Å². The lowest BCUT2D eigenvalue weighted by Crippen LogP contribution is -2.34. The van der Waals surface area contributed by atoms with Crippen molar-refractivity contribution in [2.24, 2.45) is 11.6 Å². The summed E-state index contributed by atoms with van der Waals surface area (Å²) in [7, 11) is 1.66. The van der Waals surface area contributed by atoms with Crippen LogP contribution in [-0.4, -0.2) is 24.5 Å². The zero-order valence-electron chi connectivity index (χ0n) is 12.4. The summed E-state index contributed by atoms with van der Waals surface area (Å²) in [5.41, 5.74) is 16.4. The van der Waals surface area contributed by atoms with E-state index < -0.39 is 0 Å². The molecule has 0 aromatic heterocycles. The Morgan fingerprint density at radius 3 is 2.57 bits per heavy atom. The smallest absolute Gasteiger partial charge is 0.253 e. The van der Waals surface area contributed by atoms with E-state index in [1.165, 1.54) is 5.01 Å². The van der Waals surface area contributed by atoms with Crippen LogP contribution < -0.4 is 22.6 Å². The zero-order valence-corrected chi connectivity index (χ0v) is 13.1. The van der Waals surface area contributed by atoms with Crippen LogP contribution in [0.2, 0.25) is 5.02 Å². The lowest BCUT2D eigenvalue weighted by atomic mass is 9.90. The molecule has 0 radical (unpaired) electrons. The van der Waals surface area contributed by atoms with Crippen molar-refractivity contribution < 1.29 is 4.79 Å². The zero-order chi connectivity index (χ0) is 15.9. The first-order chi connectivity index (χ1) is 9.77. The van der Waals surface area contributed by atoms with E-state index in [2.05, 4.69) is 5.32 Å². The Hall–Kier alpha value is -1.92. The number of halogens is 1. The van der Waals surface area contributed by atoms with E-state index in [9.17, 15) is 4.79 Å². The van der Waals surface area contributed by atoms with Gasteiger partial charge in [0, 0.05) is 30.5 Å². The number of nitrogens with two attached hydrogens (primary N) is 3. The van der Waals surface area contributed by atoms with Crippen LogP contribution in [0, 0.1) is 6.92 Å². The second-order valence-corrected chi connectivity index (χ2v) is 5.61. The largest absolute Gasteiger partial charge is 0.401 e. The fourth-order valence-electron chi connectivity index (χ4n) is 2.74. The number of fused-ring (bicyclic) bond motifs is 1. The summed E-state index contributed by atoms with van der Waals surface area (Å²) in [6.45, 7) is 4.14. The molecule has 0 spiro atoms. The summed E-state index contributed by atoms with van der Waals surface area (Å²) in [5, 5.41) is 4.50. The number of hydrazine groups is 1. The minimum absolute atomic E-state index is 0.220. The maximum Gasteiger partial charge on any atom is 0.253 e. The first kappa shape index (κ1) is 15.5. The molecule has 0 atom stereocenters. The van der Waals surface area contributed by atoms with E-state index in [-0.39, 0.29) is 5.91 Å². The molecule has 0 bridgehead atoms. The van der Waals surface area contributed by atoms with E-state index in [1.807, 2.05) is 6.92 Å². The fourth-order valence-corrected chi connectivity index (χ4v) is 3.17. The van der Waals surface area contributed by atoms with Crippen molar-refractivity contribution in [1.82, 2.24) is 10.3 Å². The van der Waals surface area contributed by atoms with Crippen LogP contribution in [0.3, 0.4) is 0 Å². The highest BCUT2D eigenvalue weighted by Gasteiger charge is 2.28. The molecular weight excluding hydrogens is 290 g/mol. The van der Waals surface area contributed by atoms with Gasteiger partial charge in [0.1, 0.15) is 0 Å². The highest BCUT2D eigenvalue weighted by atomic mass is 35.5. The SMILES string of the molecule is C/C(N)=C(\c1c(C)c(N)c2c(c1Cl)C(=O)NCC2)N(C)N. The molecule has 114 valence electrons. The van der Waals surface area contributed by atoms with Gasteiger partial charge in [-0.15, -0.1) is 0 Å². The molecule has 0 unspecified atom stereocenters. The molecule has 0 aliphatic carbocycles. The molecule has 1 heterocycles. The van der Waals surface area contributed by atoms with Crippen molar-refractivity contribution in [2.75, 3.05) is 19.3 Å². The van der Waals surface area contributed by atoms with Crippen LogP contribution in [0.1, 0.15) is 34.0 Å². The second-order valence-electron chi connectivity index (χ2n) is 5.23. The standard InChI is InChI=1S/C14H20ClN5O/c1-6-9(13(7(2)16)20(3)18)11(15)10-8(12(6)17)4-5-19-14(10)21/h4-5,16-18H2,1-3H3,(H,19,21)/b13-7-. The number of hydrogen-bond donors (Lipinski definition) is 4. The van der Waals surface area contributed by atoms with Crippen LogP contribution in [0.5, 0.6) is 0 Å². The van der Waals surface area contributed by atoms with Gasteiger partial charge in [-0.25, -0.2) is 5.84 Å². The molecule has 0 saturated carbocycles. The highest BCUT2D eigenvalue weighted by molar-refractivity contribution is 6.36. The maximum absolute atomic E-state index is 12.1. The van der Waals surface area contributed by atoms with Gasteiger partial charge in [0.25, 0.3) is 5.91 Å². The van der Waals surface area contributed by atoms with Gasteiger partial charge in [0.05, 0.1) is 16.3 Å². The van der Waals surface area contributed by atoms with E-state index in [0.717, 1.165) is 11.1 Å². The van der Waals surface area contributed by atoms with Crippen molar-refractivity contribution in [3.63, 3.8) is 0 Å². The lowest BCUT2D eigenvalue weighted by Gasteiger charge is -2.27. The molecule has 2 rings (SSSR count). The third-order valence-electron chi connectivity index (χ3n) is 3.70. The highest BCUT2D eigenvalue weighted by Crippen LogP contribution is 2.39. The summed E-state index contributed by atoms with van der Waals surface area (Å²) in [6.07, 6.45) is 0.660. The van der Waals surface area contributed by atoms with Gasteiger partial charge in [0.15, 0.2) is 0 Å². The number of amides is 1. The number of allylic oxidation sites excluding steroid dienone is 1. The number of nitrogen functional groups attached to an aromatic ring is 1. The number of nitrogens with one attached hydrogen (secondary N) is 1. The van der Waals surface area contributed by atoms with Crippen LogP contribution in [0.4, 0.5) is 5.69 Å². The number of hydrogen-bond acceptors (Lipinski definition) is 5. The minimum atomic E-state index is -0.220. The van der Waals surface area contributed by atoms with Gasteiger partial charge < -0.3 is 21.8 Å². The maximum atomic E-state index is 12.1. The molecule has 7 N–H and O–H groups in total. The summed E-state index contributed by atoms with van der Waals surface area (Å²) in [4.78, 5) is 12.1. The van der Waals surface area contributed by atoms with Gasteiger partial charge in [-0.2, -0.15) is 0 Å². The predicted molar refractivity (Wildman–Crippen MR) is 85.4 cm³/mol. The predicted octanol–water partition coefficient (Wildman–Crippen LogP) is 0.969. The lowest BCUT2D eigenvalue weighted by molar-refractivity contribution is 0.0946. The van der Waals surface area contributed by atoms with Crippen LogP contribution in [0.25, 0.3) is 5.70 Å². The molecule has 0 fully saturated rings. The number of nitrogens with zero attached hydrogens (tertiary/aromatic N) is 1. The summed E-state index contributed by atoms with van der Waals surface area (Å²) >= 11 is 6.49. The van der Waals surface area contributed by atoms with Crippen LogP contribution in [0.15, 0.2) is 5.70 Å². The number of benzene rings is 1. The normalized spacial score (nSPS) is 15.2. The van der Waals surface area contributed by atoms with Gasteiger partial charge in [-0.05, 0) is 31.4 Å². The van der Waals surface area contributed by atoms with Gasteiger partial charge in [-0.3, -0.25) is 4.79 Å². The Morgan fingerprint density at radius 1 is 1.43 bits per heavy atom. The van der Waals surface area contributed by atoms with E-state index in [4.69, 9.17) is 28.9 Å². The average molecular weight is 310 g/mol. The molecular formula is C14H20ClN5O. The summed E-state index contributed by atoms with van der Waals surface area (Å²) in [6, 6.07) is 0. The van der Waals surface area contributed by atoms with Crippen molar-refractivity contribution in [3.8, 4) is 0 Å². The molecule has 1 aliphatic heterocycles. The Balaban J connectivity index is 2.86. The van der Waals surface area contributed by atoms with E-state index >= 15 is 0 Å². The third-order valence-corrected chi connectivity index (χ3v) is 4.07. The summed E-state index contributed by atoms with van der Waals surface area (Å²) in [5.74, 6) is 5.64. The van der Waals surface area contributed by atoms with Crippen molar-refractivity contribution in [3.05, 3.63) is 33.0 Å². The fraction of sp³-hybridized carbons (Fsp3) is 0.357. The molecule has 7 heteroatoms. The Kier molecular flexibility index (Phi) is 4.02. The van der Waals surface area contributed by atoms with Gasteiger partial charge >= 0.3 is 0 Å². The summed E-state index contributed by atoms with van der Waals surface area (Å²) < 4.78 is 0. The molecule has 1 aromatic carbocycles. The second kappa shape index (κ2) is 5.46. The minimum Gasteiger partial charge on any atom is -0.401 e. The van der Waals surface area contributed by atoms with E-state index in [1.54, 1.807) is 14.0 Å². The molecule has 6 nitrogen and oxygen atoms in total. The van der Waals surface area contributed by atoms with Crippen molar-refractivity contribution >= 4 is 28.9 Å². The number of anilines is 1. The quantitative estimate of drug-likeness (QED) is 0.369. The average Bonchev–Trinajstić information content (AvgIpc) is 2.39. The Labute approximate surface area is 128 Å². The van der Waals surface area contributed by atoms with Crippen molar-refractivity contribution in [1.29, 1.82) is 0 Å². The molecule has 1 aliphatic rings. The number of rotatable bonds is 2. The number of carbonyl (C=O) groups is 1.